The predicted molar refractivity (Wildman–Crippen MR) is 137 cm³/mol. The van der Waals surface area contributed by atoms with Gasteiger partial charge in [0.25, 0.3) is 0 Å². The number of nitrogens with zero attached hydrogens (tertiary/aromatic N) is 3. The lowest BCUT2D eigenvalue weighted by Gasteiger charge is -2.36. The number of anilines is 1. The Kier molecular flexibility index (Phi) is 8.18. The van der Waals surface area contributed by atoms with Gasteiger partial charge in [0, 0.05) is 43.7 Å². The van der Waals surface area contributed by atoms with E-state index in [1.807, 2.05) is 62.4 Å². The van der Waals surface area contributed by atoms with Gasteiger partial charge in [-0.3, -0.25) is 4.90 Å². The molecule has 1 saturated heterocycles. The summed E-state index contributed by atoms with van der Waals surface area (Å²) in [5.74, 6) is 1.50. The molecule has 0 saturated carbocycles. The number of piperazine rings is 1. The first kappa shape index (κ1) is 23.9. The van der Waals surface area contributed by atoms with E-state index >= 15 is 0 Å². The van der Waals surface area contributed by atoms with Crippen LogP contribution in [0.3, 0.4) is 0 Å². The van der Waals surface area contributed by atoms with Crippen LogP contribution >= 0.6 is 23.2 Å². The van der Waals surface area contributed by atoms with E-state index in [0.717, 1.165) is 67.9 Å². The summed E-state index contributed by atoms with van der Waals surface area (Å²) in [6.07, 6.45) is 2.23. The highest BCUT2D eigenvalue weighted by Crippen LogP contribution is 2.33. The lowest BCUT2D eigenvalue weighted by atomic mass is 10.2. The van der Waals surface area contributed by atoms with E-state index in [4.69, 9.17) is 32.7 Å². The molecule has 7 heteroatoms. The van der Waals surface area contributed by atoms with Crippen molar-refractivity contribution in [2.75, 3.05) is 44.2 Å². The van der Waals surface area contributed by atoms with E-state index < -0.39 is 0 Å². The molecule has 1 fully saturated rings. The Hall–Kier alpha value is -2.21. The zero-order valence-corrected chi connectivity index (χ0v) is 20.8. The second-order valence-electron chi connectivity index (χ2n) is 8.63. The first-order valence-corrected chi connectivity index (χ1v) is 12.4. The van der Waals surface area contributed by atoms with Gasteiger partial charge in [-0.1, -0.05) is 29.3 Å². The molecule has 176 valence electrons. The first-order valence-electron chi connectivity index (χ1n) is 11.6. The molecule has 0 radical (unpaired) electrons. The third-order valence-electron chi connectivity index (χ3n) is 5.78. The number of hydrogen-bond donors (Lipinski definition) is 0. The van der Waals surface area contributed by atoms with Crippen molar-refractivity contribution in [1.29, 1.82) is 0 Å². The van der Waals surface area contributed by atoms with Crippen LogP contribution in [0.5, 0.6) is 11.6 Å². The Morgan fingerprint density at radius 2 is 1.76 bits per heavy atom. The zero-order chi connectivity index (χ0) is 23.2. The number of halogens is 2. The van der Waals surface area contributed by atoms with E-state index in [1.165, 1.54) is 0 Å². The van der Waals surface area contributed by atoms with Crippen molar-refractivity contribution in [1.82, 2.24) is 9.88 Å². The Labute approximate surface area is 206 Å². The fraction of sp³-hybridized carbons (Fsp3) is 0.423. The molecule has 1 aliphatic rings. The number of pyridine rings is 1. The van der Waals surface area contributed by atoms with E-state index in [9.17, 15) is 0 Å². The van der Waals surface area contributed by atoms with Crippen LogP contribution in [0.4, 0.5) is 5.69 Å². The summed E-state index contributed by atoms with van der Waals surface area (Å²) >= 11 is 12.5. The van der Waals surface area contributed by atoms with E-state index in [-0.39, 0.29) is 6.10 Å². The number of aromatic nitrogens is 1. The molecule has 0 atom stereocenters. The number of hydrogen-bond acceptors (Lipinski definition) is 5. The van der Waals surface area contributed by atoms with E-state index in [1.54, 1.807) is 0 Å². The smallest absolute Gasteiger partial charge is 0.214 e. The summed E-state index contributed by atoms with van der Waals surface area (Å²) in [4.78, 5) is 9.42. The molecule has 3 aromatic rings. The average molecular weight is 488 g/mol. The first-order chi connectivity index (χ1) is 16.0. The van der Waals surface area contributed by atoms with Crippen LogP contribution in [0.2, 0.25) is 10.0 Å². The van der Waals surface area contributed by atoms with Gasteiger partial charge in [-0.25, -0.2) is 4.98 Å². The van der Waals surface area contributed by atoms with Crippen LogP contribution in [-0.4, -0.2) is 55.3 Å². The SMILES string of the molecule is CC(C)Oc1ccc2ccc(OCCCCN3CCN(c4cccc(Cl)c4Cl)CC3)cc2n1. The minimum absolute atomic E-state index is 0.104. The topological polar surface area (TPSA) is 37.8 Å². The number of unbranched alkanes of at least 4 members (excludes halogenated alkanes) is 1. The molecule has 0 spiro atoms. The van der Waals surface area contributed by atoms with Crippen LogP contribution in [-0.2, 0) is 0 Å². The summed E-state index contributed by atoms with van der Waals surface area (Å²) in [7, 11) is 0. The van der Waals surface area contributed by atoms with Crippen LogP contribution in [0, 0.1) is 0 Å². The predicted octanol–water partition coefficient (Wildman–Crippen LogP) is 6.31. The average Bonchev–Trinajstić information content (AvgIpc) is 2.80. The van der Waals surface area contributed by atoms with Crippen molar-refractivity contribution in [3.8, 4) is 11.6 Å². The van der Waals surface area contributed by atoms with Gasteiger partial charge in [-0.2, -0.15) is 0 Å². The van der Waals surface area contributed by atoms with Crippen molar-refractivity contribution in [2.24, 2.45) is 0 Å². The van der Waals surface area contributed by atoms with Crippen LogP contribution in [0.25, 0.3) is 10.9 Å². The third kappa shape index (κ3) is 6.44. The van der Waals surface area contributed by atoms with Gasteiger partial charge in [-0.05, 0) is 63.6 Å². The zero-order valence-electron chi connectivity index (χ0n) is 19.3. The second-order valence-corrected chi connectivity index (χ2v) is 9.41. The molecule has 0 bridgehead atoms. The fourth-order valence-electron chi connectivity index (χ4n) is 4.05. The number of benzene rings is 2. The van der Waals surface area contributed by atoms with Gasteiger partial charge in [0.15, 0.2) is 0 Å². The molecule has 0 N–H and O–H groups in total. The van der Waals surface area contributed by atoms with Gasteiger partial charge in [0.2, 0.25) is 5.88 Å². The van der Waals surface area contributed by atoms with Crippen molar-refractivity contribution >= 4 is 39.8 Å². The second kappa shape index (κ2) is 11.3. The van der Waals surface area contributed by atoms with Crippen LogP contribution < -0.4 is 14.4 Å². The largest absolute Gasteiger partial charge is 0.494 e. The van der Waals surface area contributed by atoms with Gasteiger partial charge >= 0.3 is 0 Å². The van der Waals surface area contributed by atoms with Crippen LogP contribution in [0.1, 0.15) is 26.7 Å². The highest BCUT2D eigenvalue weighted by molar-refractivity contribution is 6.43. The molecule has 1 aliphatic heterocycles. The molecular formula is C26H31Cl2N3O2. The molecule has 1 aromatic heterocycles. The van der Waals surface area contributed by atoms with E-state index in [2.05, 4.69) is 14.8 Å². The lowest BCUT2D eigenvalue weighted by molar-refractivity contribution is 0.233. The summed E-state index contributed by atoms with van der Waals surface area (Å²) in [5, 5.41) is 2.34. The summed E-state index contributed by atoms with van der Waals surface area (Å²) in [5.41, 5.74) is 1.92. The standard InChI is InChI=1S/C26H31Cl2N3O2/c1-19(2)33-25-11-9-20-8-10-21(18-23(20)29-25)32-17-4-3-12-30-13-15-31(16-14-30)24-7-5-6-22(27)26(24)28/h5-11,18-19H,3-4,12-17H2,1-2H3. The molecule has 2 heterocycles. The van der Waals surface area contributed by atoms with Gasteiger partial charge in [0.1, 0.15) is 5.75 Å². The third-order valence-corrected chi connectivity index (χ3v) is 6.58. The Bertz CT molecular complexity index is 1070. The molecule has 4 rings (SSSR count). The highest BCUT2D eigenvalue weighted by atomic mass is 35.5. The molecule has 0 aliphatic carbocycles. The van der Waals surface area contributed by atoms with Crippen LogP contribution in [0.15, 0.2) is 48.5 Å². The summed E-state index contributed by atoms with van der Waals surface area (Å²) in [6, 6.07) is 15.8. The number of fused-ring (bicyclic) bond motifs is 1. The monoisotopic (exact) mass is 487 g/mol. The Morgan fingerprint density at radius 3 is 2.55 bits per heavy atom. The maximum atomic E-state index is 6.38. The molecule has 33 heavy (non-hydrogen) atoms. The molecule has 0 unspecified atom stereocenters. The molecular weight excluding hydrogens is 457 g/mol. The minimum atomic E-state index is 0.104. The van der Waals surface area contributed by atoms with Gasteiger partial charge in [-0.15, -0.1) is 0 Å². The lowest BCUT2D eigenvalue weighted by Crippen LogP contribution is -2.46. The molecule has 0 amide bonds. The maximum absolute atomic E-state index is 6.38. The maximum Gasteiger partial charge on any atom is 0.214 e. The number of ether oxygens (including phenoxy) is 2. The van der Waals surface area contributed by atoms with Crippen molar-refractivity contribution in [2.45, 2.75) is 32.8 Å². The Balaban J connectivity index is 1.19. The summed E-state index contributed by atoms with van der Waals surface area (Å²) in [6.45, 7) is 9.76. The highest BCUT2D eigenvalue weighted by Gasteiger charge is 2.19. The van der Waals surface area contributed by atoms with E-state index in [0.29, 0.717) is 22.5 Å². The fourth-order valence-corrected chi connectivity index (χ4v) is 4.47. The summed E-state index contributed by atoms with van der Waals surface area (Å²) < 4.78 is 11.7. The van der Waals surface area contributed by atoms with Crippen molar-refractivity contribution in [3.05, 3.63) is 58.6 Å². The van der Waals surface area contributed by atoms with Crippen molar-refractivity contribution < 1.29 is 9.47 Å². The minimum Gasteiger partial charge on any atom is -0.494 e. The Morgan fingerprint density at radius 1 is 0.970 bits per heavy atom. The van der Waals surface area contributed by atoms with Gasteiger partial charge < -0.3 is 14.4 Å². The number of rotatable bonds is 9. The molecule has 2 aromatic carbocycles. The normalized spacial score (nSPS) is 14.8. The van der Waals surface area contributed by atoms with Gasteiger partial charge in [0.05, 0.1) is 34.0 Å². The van der Waals surface area contributed by atoms with Crippen molar-refractivity contribution in [3.63, 3.8) is 0 Å². The molecule has 5 nitrogen and oxygen atoms in total. The quantitative estimate of drug-likeness (QED) is 0.330.